The van der Waals surface area contributed by atoms with Crippen molar-refractivity contribution in [3.63, 3.8) is 0 Å². The van der Waals surface area contributed by atoms with Gasteiger partial charge in [-0.25, -0.2) is 0 Å². The quantitative estimate of drug-likeness (QED) is 0.0905. The third kappa shape index (κ3) is 6.87. The second kappa shape index (κ2) is 15.9. The SMILES string of the molecule is [2H]c1c([2H])c([2H])c(-c2cccc(-c3c([2H])c([2H])c([2H])c([2H])c3[2H])c2-[n+]2[c-]n(-c3[c-]c(Oc4[c-]c5c(cc4)-c4cccc6cccc(c46)B5c4cc(C(C)(C)C)ccn4)ccc3)c3ccccc32)c([2H])c1[2H].[Pt]. The number of pyridine rings is 1. The van der Waals surface area contributed by atoms with Gasteiger partial charge in [0, 0.05) is 44.4 Å². The maximum absolute atomic E-state index is 9.02. The minimum atomic E-state index is -0.570. The van der Waals surface area contributed by atoms with Crippen molar-refractivity contribution in [1.82, 2.24) is 9.55 Å². The zero-order chi connectivity index (χ0) is 49.8. The largest absolute Gasteiger partial charge is 0.510 e. The summed E-state index contributed by atoms with van der Waals surface area (Å²) in [7, 11) is 0. The first-order valence-corrected chi connectivity index (χ1v) is 20.0. The van der Waals surface area contributed by atoms with E-state index in [0.29, 0.717) is 28.2 Å². The summed E-state index contributed by atoms with van der Waals surface area (Å²) in [4.78, 5) is 4.97. The molecule has 0 aliphatic carbocycles. The molecule has 0 saturated heterocycles. The fourth-order valence-electron chi connectivity index (χ4n) is 8.49. The van der Waals surface area contributed by atoms with E-state index in [1.807, 2.05) is 48.7 Å². The number of ether oxygens (including phenoxy) is 1. The summed E-state index contributed by atoms with van der Waals surface area (Å²) in [5, 5.41) is 2.33. The van der Waals surface area contributed by atoms with Crippen LogP contribution < -0.4 is 25.8 Å². The van der Waals surface area contributed by atoms with Crippen LogP contribution in [0.5, 0.6) is 11.5 Å². The van der Waals surface area contributed by atoms with Crippen LogP contribution >= 0.6 is 0 Å². The van der Waals surface area contributed by atoms with E-state index in [-0.39, 0.29) is 61.1 Å². The Morgan fingerprint density at radius 2 is 1.32 bits per heavy atom. The summed E-state index contributed by atoms with van der Waals surface area (Å²) in [5.41, 5.74) is 8.05. The normalized spacial score (nSPS) is 14.2. The van der Waals surface area contributed by atoms with Gasteiger partial charge >= 0.3 is 0 Å². The second-order valence-corrected chi connectivity index (χ2v) is 16.0. The van der Waals surface area contributed by atoms with Gasteiger partial charge in [-0.2, -0.15) is 23.7 Å². The van der Waals surface area contributed by atoms with E-state index in [0.717, 1.165) is 33.0 Å². The molecule has 4 nitrogen and oxygen atoms in total. The van der Waals surface area contributed by atoms with E-state index in [9.17, 15) is 0 Å². The van der Waals surface area contributed by atoms with Gasteiger partial charge in [-0.15, -0.1) is 29.8 Å². The molecule has 1 aliphatic heterocycles. The molecule has 2 aromatic heterocycles. The van der Waals surface area contributed by atoms with E-state index < -0.39 is 60.4 Å². The van der Waals surface area contributed by atoms with Gasteiger partial charge in [0.2, 0.25) is 6.71 Å². The number of hydrogen-bond acceptors (Lipinski definition) is 2. The van der Waals surface area contributed by atoms with Gasteiger partial charge in [0.1, 0.15) is 0 Å². The molecule has 0 atom stereocenters. The van der Waals surface area contributed by atoms with Crippen LogP contribution in [0, 0.1) is 18.5 Å². The Labute approximate surface area is 391 Å². The molecule has 0 fully saturated rings. The molecule has 0 amide bonds. The molecule has 1 aliphatic rings. The predicted octanol–water partition coefficient (Wildman–Crippen LogP) is 10.8. The first-order valence-electron chi connectivity index (χ1n) is 25.0. The van der Waals surface area contributed by atoms with Gasteiger partial charge in [-0.05, 0) is 61.8 Å². The molecule has 6 heteroatoms. The molecule has 0 N–H and O–H groups in total. The van der Waals surface area contributed by atoms with Crippen LogP contribution in [0.25, 0.3) is 66.6 Å². The fraction of sp³-hybridized carbons (Fsp3) is 0.0714. The van der Waals surface area contributed by atoms with Crippen molar-refractivity contribution in [1.29, 1.82) is 0 Å². The van der Waals surface area contributed by atoms with Crippen molar-refractivity contribution < 1.29 is 44.1 Å². The van der Waals surface area contributed by atoms with Crippen LogP contribution in [0.2, 0.25) is 0 Å². The second-order valence-electron chi connectivity index (χ2n) is 16.0. The van der Waals surface area contributed by atoms with Crippen molar-refractivity contribution in [3.8, 4) is 56.3 Å². The molecule has 3 heterocycles. The predicted molar refractivity (Wildman–Crippen MR) is 249 cm³/mol. The Kier molecular flexibility index (Phi) is 7.55. The third-order valence-corrected chi connectivity index (χ3v) is 11.3. The van der Waals surface area contributed by atoms with Crippen LogP contribution in [-0.4, -0.2) is 16.3 Å². The molecule has 8 aromatic carbocycles. The molecule has 0 bridgehead atoms. The number of imidazole rings is 1. The van der Waals surface area contributed by atoms with Crippen LogP contribution in [0.3, 0.4) is 0 Å². The topological polar surface area (TPSA) is 30.9 Å². The summed E-state index contributed by atoms with van der Waals surface area (Å²) in [5.74, 6) is 0.839. The van der Waals surface area contributed by atoms with Crippen LogP contribution in [0.1, 0.15) is 40.0 Å². The fourth-order valence-corrected chi connectivity index (χ4v) is 8.49. The molecule has 0 unspecified atom stereocenters. The van der Waals surface area contributed by atoms with Gasteiger partial charge in [0.15, 0.2) is 0 Å². The van der Waals surface area contributed by atoms with E-state index in [2.05, 4.69) is 93.8 Å². The zero-order valence-electron chi connectivity index (χ0n) is 43.8. The summed E-state index contributed by atoms with van der Waals surface area (Å²) >= 11 is 0. The average Bonchev–Trinajstić information content (AvgIpc) is 3.76. The molecule has 0 radical (unpaired) electrons. The average molecular weight is 987 g/mol. The Morgan fingerprint density at radius 3 is 2.06 bits per heavy atom. The van der Waals surface area contributed by atoms with E-state index in [1.54, 1.807) is 33.4 Å². The molecular weight excluding hydrogens is 937 g/mol. The summed E-state index contributed by atoms with van der Waals surface area (Å²) < 4.78 is 97.1. The summed E-state index contributed by atoms with van der Waals surface area (Å²) in [6.07, 6.45) is 5.30. The molecule has 300 valence electrons. The van der Waals surface area contributed by atoms with E-state index >= 15 is 0 Å². The number of hydrogen-bond donors (Lipinski definition) is 0. The number of nitrogens with zero attached hydrogens (tertiary/aromatic N) is 3. The standard InChI is InChI=1S/C56H40BN3O.Pt/c1-56(2,3)41-32-33-58-53(34-41)57-49-27-13-21-40-20-12-26-48(54(40)49)47-31-30-44(36-50(47)57)61-43-23-14-22-42(35-43)59-37-60(52-29-11-10-28-51(52)59)55-45(38-16-6-4-7-17-38)24-15-25-46(55)39-18-8-5-9-19-39;/h4-34H,1-3H3;/q-2;/i4D,5D,6D,7D,8D,9D,16D,17D,18D,19D;. The molecule has 0 saturated carbocycles. The minimum Gasteiger partial charge on any atom is -0.510 e. The minimum absolute atomic E-state index is 0. The molecule has 0 spiro atoms. The van der Waals surface area contributed by atoms with Crippen LogP contribution in [0.4, 0.5) is 0 Å². The van der Waals surface area contributed by atoms with Crippen LogP contribution in [0.15, 0.2) is 188 Å². The van der Waals surface area contributed by atoms with E-state index in [1.165, 1.54) is 10.9 Å². The van der Waals surface area contributed by atoms with Gasteiger partial charge in [-0.1, -0.05) is 171 Å². The molecule has 62 heavy (non-hydrogen) atoms. The molecule has 11 rings (SSSR count). The molecule has 10 aromatic rings. The Balaban J connectivity index is 0.00000596. The number of aromatic nitrogens is 3. The van der Waals surface area contributed by atoms with Crippen molar-refractivity contribution >= 4 is 45.0 Å². The van der Waals surface area contributed by atoms with Crippen molar-refractivity contribution in [2.75, 3.05) is 0 Å². The maximum atomic E-state index is 9.02. The molecular formula is C56H40BN3OPt-2. The van der Waals surface area contributed by atoms with Gasteiger partial charge in [-0.3, -0.25) is 9.55 Å². The first kappa shape index (κ1) is 29.4. The van der Waals surface area contributed by atoms with E-state index in [4.69, 9.17) is 23.4 Å². The smallest absolute Gasteiger partial charge is 0.268 e. The zero-order valence-corrected chi connectivity index (χ0v) is 36.0. The Hall–Kier alpha value is -6.81. The Bertz CT molecular complexity index is 3740. The van der Waals surface area contributed by atoms with Gasteiger partial charge in [0.25, 0.3) is 6.33 Å². The first-order chi connectivity index (χ1) is 34.0. The number of benzene rings is 8. The number of para-hydroxylation sites is 3. The summed E-state index contributed by atoms with van der Waals surface area (Å²) in [6, 6.07) is 40.4. The Morgan fingerprint density at radius 1 is 0.661 bits per heavy atom. The maximum Gasteiger partial charge on any atom is 0.268 e. The van der Waals surface area contributed by atoms with Gasteiger partial charge < -0.3 is 9.30 Å². The van der Waals surface area contributed by atoms with Gasteiger partial charge in [0.05, 0.1) is 30.4 Å². The summed E-state index contributed by atoms with van der Waals surface area (Å²) in [6.45, 7) is 6.34. The van der Waals surface area contributed by atoms with Crippen molar-refractivity contribution in [3.05, 3.63) is 212 Å². The van der Waals surface area contributed by atoms with Crippen LogP contribution in [-0.2, 0) is 26.5 Å². The number of rotatable bonds is 7. The third-order valence-electron chi connectivity index (χ3n) is 11.3. The van der Waals surface area contributed by atoms with Crippen molar-refractivity contribution in [2.24, 2.45) is 0 Å². The number of fused-ring (bicyclic) bond motifs is 3. The monoisotopic (exact) mass is 986 g/mol. The van der Waals surface area contributed by atoms with Crippen molar-refractivity contribution in [2.45, 2.75) is 26.2 Å².